The lowest BCUT2D eigenvalue weighted by Gasteiger charge is -2.09. The molecule has 0 N–H and O–H groups in total. The predicted molar refractivity (Wildman–Crippen MR) is 258 cm³/mol. The number of ether oxygens (including phenoxy) is 10. The van der Waals surface area contributed by atoms with E-state index < -0.39 is 0 Å². The standard InChI is InChI=1S/C52H106O10/c1-3-5-7-9-11-13-15-17-19-20-22-24-26-28-30-32-34-54-36-38-56-40-42-58-44-46-60-48-50-62-52-51-61-49-47-59-45-43-57-41-39-55-37-35-53-33-31-29-27-25-23-21-18-16-14-12-10-8-6-4-2/h3-52H2,1-2H3. The zero-order chi connectivity index (χ0) is 44.4. The Morgan fingerprint density at radius 1 is 0.129 bits per heavy atom. The average Bonchev–Trinajstić information content (AvgIpc) is 3.28. The van der Waals surface area contributed by atoms with Gasteiger partial charge in [-0.25, -0.2) is 0 Å². The monoisotopic (exact) mass is 891 g/mol. The zero-order valence-electron chi connectivity index (χ0n) is 41.4. The molecule has 0 spiro atoms. The first kappa shape index (κ1) is 61.6. The number of hydrogen-bond donors (Lipinski definition) is 0. The maximum absolute atomic E-state index is 5.71. The maximum Gasteiger partial charge on any atom is 0.0701 e. The smallest absolute Gasteiger partial charge is 0.0701 e. The normalized spacial score (nSPS) is 11.7. The van der Waals surface area contributed by atoms with E-state index in [9.17, 15) is 0 Å². The van der Waals surface area contributed by atoms with Gasteiger partial charge in [0.05, 0.1) is 119 Å². The van der Waals surface area contributed by atoms with Crippen LogP contribution < -0.4 is 0 Å². The van der Waals surface area contributed by atoms with Gasteiger partial charge >= 0.3 is 0 Å². The molecule has 0 aliphatic carbocycles. The van der Waals surface area contributed by atoms with Crippen molar-refractivity contribution in [1.29, 1.82) is 0 Å². The van der Waals surface area contributed by atoms with E-state index in [1.807, 2.05) is 0 Å². The molecule has 0 saturated carbocycles. The summed E-state index contributed by atoms with van der Waals surface area (Å²) in [4.78, 5) is 0. The van der Waals surface area contributed by atoms with Crippen molar-refractivity contribution in [3.05, 3.63) is 0 Å². The van der Waals surface area contributed by atoms with Gasteiger partial charge in [-0.1, -0.05) is 194 Å². The lowest BCUT2D eigenvalue weighted by molar-refractivity contribution is -0.0264. The molecule has 0 aliphatic rings. The summed E-state index contributed by atoms with van der Waals surface area (Å²) < 4.78 is 55.9. The average molecular weight is 891 g/mol. The molecular weight excluding hydrogens is 785 g/mol. The van der Waals surface area contributed by atoms with Crippen LogP contribution in [0.15, 0.2) is 0 Å². The molecule has 0 heterocycles. The van der Waals surface area contributed by atoms with Crippen molar-refractivity contribution < 1.29 is 47.4 Å². The molecule has 62 heavy (non-hydrogen) atoms. The lowest BCUT2D eigenvalue weighted by Crippen LogP contribution is -2.15. The summed E-state index contributed by atoms with van der Waals surface area (Å²) in [6.07, 6.45) is 41.5. The summed E-state index contributed by atoms with van der Waals surface area (Å²) in [6.45, 7) is 16.5. The van der Waals surface area contributed by atoms with Gasteiger partial charge < -0.3 is 47.4 Å². The fourth-order valence-electron chi connectivity index (χ4n) is 7.23. The first-order valence-corrected chi connectivity index (χ1v) is 26.7. The van der Waals surface area contributed by atoms with Crippen molar-refractivity contribution in [3.63, 3.8) is 0 Å². The molecule has 0 aromatic rings. The maximum atomic E-state index is 5.71. The van der Waals surface area contributed by atoms with E-state index in [0.29, 0.717) is 119 Å². The summed E-state index contributed by atoms with van der Waals surface area (Å²) in [5.41, 5.74) is 0. The molecule has 10 nitrogen and oxygen atoms in total. The predicted octanol–water partition coefficient (Wildman–Crippen LogP) is 12.9. The van der Waals surface area contributed by atoms with Crippen molar-refractivity contribution in [2.24, 2.45) is 0 Å². The molecular formula is C52H106O10. The Hall–Kier alpha value is -0.400. The van der Waals surface area contributed by atoms with Gasteiger partial charge in [0, 0.05) is 13.2 Å². The van der Waals surface area contributed by atoms with Gasteiger partial charge in [-0.3, -0.25) is 0 Å². The van der Waals surface area contributed by atoms with E-state index >= 15 is 0 Å². The largest absolute Gasteiger partial charge is 0.379 e. The van der Waals surface area contributed by atoms with Crippen LogP contribution in [0.4, 0.5) is 0 Å². The summed E-state index contributed by atoms with van der Waals surface area (Å²) in [5, 5.41) is 0. The van der Waals surface area contributed by atoms with Gasteiger partial charge in [0.15, 0.2) is 0 Å². The Balaban J connectivity index is 3.06. The Morgan fingerprint density at radius 2 is 0.242 bits per heavy atom. The van der Waals surface area contributed by atoms with E-state index in [4.69, 9.17) is 47.4 Å². The third-order valence-corrected chi connectivity index (χ3v) is 11.1. The Morgan fingerprint density at radius 3 is 0.387 bits per heavy atom. The topological polar surface area (TPSA) is 92.3 Å². The van der Waals surface area contributed by atoms with Crippen LogP contribution in [-0.4, -0.2) is 132 Å². The fourth-order valence-corrected chi connectivity index (χ4v) is 7.23. The molecule has 0 bridgehead atoms. The van der Waals surface area contributed by atoms with Crippen molar-refractivity contribution >= 4 is 0 Å². The van der Waals surface area contributed by atoms with Gasteiger partial charge in [0.2, 0.25) is 0 Å². The van der Waals surface area contributed by atoms with Gasteiger partial charge in [0.1, 0.15) is 0 Å². The SMILES string of the molecule is CCCCCCCCCCCCCCCCCCOCCOCCOCCOCCOCCOCCOCCOCCOCCOCCCCCCCCCCCCCCCC. The molecule has 374 valence electrons. The van der Waals surface area contributed by atoms with Crippen LogP contribution in [0.3, 0.4) is 0 Å². The highest BCUT2D eigenvalue weighted by Gasteiger charge is 1.99. The third kappa shape index (κ3) is 59.6. The lowest BCUT2D eigenvalue weighted by atomic mass is 10.0. The molecule has 0 aromatic carbocycles. The van der Waals surface area contributed by atoms with Crippen molar-refractivity contribution in [2.75, 3.05) is 132 Å². The second kappa shape index (κ2) is 60.6. The van der Waals surface area contributed by atoms with Crippen LogP contribution in [-0.2, 0) is 47.4 Å². The quantitative estimate of drug-likeness (QED) is 0.0550. The molecule has 0 unspecified atom stereocenters. The minimum atomic E-state index is 0.536. The first-order chi connectivity index (χ1) is 30.9. The Bertz CT molecular complexity index is 688. The van der Waals surface area contributed by atoms with E-state index in [1.165, 1.54) is 180 Å². The van der Waals surface area contributed by atoms with Gasteiger partial charge in [-0.05, 0) is 12.8 Å². The van der Waals surface area contributed by atoms with E-state index in [0.717, 1.165) is 26.1 Å². The zero-order valence-corrected chi connectivity index (χ0v) is 41.4. The second-order valence-electron chi connectivity index (χ2n) is 17.0. The molecule has 0 rings (SSSR count). The number of rotatable bonds is 59. The highest BCUT2D eigenvalue weighted by molar-refractivity contribution is 4.52. The fraction of sp³-hybridized carbons (Fsp3) is 1.00. The molecule has 0 saturated heterocycles. The Labute approximate surface area is 384 Å². The van der Waals surface area contributed by atoms with Gasteiger partial charge in [-0.15, -0.1) is 0 Å². The van der Waals surface area contributed by atoms with E-state index in [-0.39, 0.29) is 0 Å². The summed E-state index contributed by atoms with van der Waals surface area (Å²) in [7, 11) is 0. The first-order valence-electron chi connectivity index (χ1n) is 26.7. The van der Waals surface area contributed by atoms with Crippen LogP contribution in [0.5, 0.6) is 0 Å². The summed E-state index contributed by atoms with van der Waals surface area (Å²) in [6, 6.07) is 0. The molecule has 0 aliphatic heterocycles. The van der Waals surface area contributed by atoms with Crippen LogP contribution in [0.1, 0.15) is 206 Å². The van der Waals surface area contributed by atoms with Crippen molar-refractivity contribution in [3.8, 4) is 0 Å². The number of hydrogen-bond acceptors (Lipinski definition) is 10. The molecule has 0 radical (unpaired) electrons. The molecule has 0 aromatic heterocycles. The van der Waals surface area contributed by atoms with Crippen LogP contribution in [0, 0.1) is 0 Å². The van der Waals surface area contributed by atoms with Crippen LogP contribution >= 0.6 is 0 Å². The van der Waals surface area contributed by atoms with Crippen LogP contribution in [0.25, 0.3) is 0 Å². The highest BCUT2D eigenvalue weighted by atomic mass is 16.6. The van der Waals surface area contributed by atoms with Gasteiger partial charge in [-0.2, -0.15) is 0 Å². The molecule has 0 atom stereocenters. The van der Waals surface area contributed by atoms with Crippen LogP contribution in [0.2, 0.25) is 0 Å². The van der Waals surface area contributed by atoms with Crippen molar-refractivity contribution in [2.45, 2.75) is 206 Å². The summed E-state index contributed by atoms with van der Waals surface area (Å²) >= 11 is 0. The third-order valence-electron chi connectivity index (χ3n) is 11.1. The summed E-state index contributed by atoms with van der Waals surface area (Å²) in [5.74, 6) is 0. The molecule has 0 fully saturated rings. The van der Waals surface area contributed by atoms with E-state index in [2.05, 4.69) is 13.8 Å². The Kier molecular flexibility index (Phi) is 60.2. The second-order valence-corrected chi connectivity index (χ2v) is 17.0. The highest BCUT2D eigenvalue weighted by Crippen LogP contribution is 2.15. The molecule has 0 amide bonds. The minimum Gasteiger partial charge on any atom is -0.379 e. The minimum absolute atomic E-state index is 0.536. The molecule has 10 heteroatoms. The van der Waals surface area contributed by atoms with E-state index in [1.54, 1.807) is 0 Å². The van der Waals surface area contributed by atoms with Gasteiger partial charge in [0.25, 0.3) is 0 Å². The van der Waals surface area contributed by atoms with Crippen molar-refractivity contribution in [1.82, 2.24) is 0 Å². The number of unbranched alkanes of at least 4 members (excludes halogenated alkanes) is 28.